The van der Waals surface area contributed by atoms with Crippen molar-refractivity contribution in [2.45, 2.75) is 33.9 Å². The van der Waals surface area contributed by atoms with E-state index in [1.807, 2.05) is 16.7 Å². The van der Waals surface area contributed by atoms with E-state index in [0.717, 1.165) is 12.2 Å². The van der Waals surface area contributed by atoms with Crippen LogP contribution in [0.2, 0.25) is 0 Å². The average molecular weight is 394 g/mol. The number of hydrogen-bond donors (Lipinski definition) is 1. The molecule has 0 bridgehead atoms. The number of pyridine rings is 1. The maximum atomic E-state index is 13.1. The number of ether oxygens (including phenoxy) is 1. The number of nitrogens with one attached hydrogen (secondary N) is 1. The minimum atomic E-state index is -0.408. The van der Waals surface area contributed by atoms with E-state index in [2.05, 4.69) is 24.1 Å². The molecule has 7 heteroatoms. The number of benzene rings is 1. The number of para-hydroxylation sites is 2. The Hall–Kier alpha value is -3.35. The van der Waals surface area contributed by atoms with Crippen LogP contribution in [0.3, 0.4) is 0 Å². The van der Waals surface area contributed by atoms with Gasteiger partial charge in [0.2, 0.25) is 0 Å². The van der Waals surface area contributed by atoms with Crippen molar-refractivity contribution < 1.29 is 9.53 Å². The summed E-state index contributed by atoms with van der Waals surface area (Å²) in [5.74, 6) is 0.611. The molecule has 7 nitrogen and oxygen atoms in total. The minimum absolute atomic E-state index is 0.119. The van der Waals surface area contributed by atoms with Crippen molar-refractivity contribution in [3.05, 3.63) is 76.2 Å². The van der Waals surface area contributed by atoms with E-state index in [1.54, 1.807) is 51.0 Å². The Bertz CT molecular complexity index is 1070. The number of amides is 1. The average Bonchev–Trinajstić information content (AvgIpc) is 3.13. The van der Waals surface area contributed by atoms with Crippen LogP contribution < -0.4 is 15.6 Å². The van der Waals surface area contributed by atoms with Crippen LogP contribution in [0.1, 0.15) is 35.5 Å². The lowest BCUT2D eigenvalue weighted by atomic mass is 10.1. The topological polar surface area (TPSA) is 78.2 Å². The maximum absolute atomic E-state index is 13.1. The van der Waals surface area contributed by atoms with Crippen molar-refractivity contribution in [1.82, 2.24) is 19.4 Å². The van der Waals surface area contributed by atoms with Gasteiger partial charge >= 0.3 is 0 Å². The third kappa shape index (κ3) is 4.39. The van der Waals surface area contributed by atoms with E-state index in [4.69, 9.17) is 4.74 Å². The fraction of sp³-hybridized carbons (Fsp3) is 0.318. The van der Waals surface area contributed by atoms with Crippen LogP contribution in [0.15, 0.2) is 53.8 Å². The van der Waals surface area contributed by atoms with E-state index in [1.165, 1.54) is 4.57 Å². The summed E-state index contributed by atoms with van der Waals surface area (Å²) < 4.78 is 8.80. The number of aromatic nitrogens is 3. The molecule has 0 fully saturated rings. The smallest absolute Gasteiger partial charge is 0.268 e. The van der Waals surface area contributed by atoms with Crippen molar-refractivity contribution in [3.8, 4) is 11.4 Å². The lowest BCUT2D eigenvalue weighted by Crippen LogP contribution is -2.33. The fourth-order valence-electron chi connectivity index (χ4n) is 3.23. The number of hydrogen-bond acceptors (Lipinski definition) is 4. The van der Waals surface area contributed by atoms with Gasteiger partial charge in [-0.1, -0.05) is 26.0 Å². The van der Waals surface area contributed by atoms with Gasteiger partial charge in [-0.25, -0.2) is 4.98 Å². The van der Waals surface area contributed by atoms with E-state index >= 15 is 0 Å². The molecule has 3 aromatic rings. The number of rotatable bonds is 7. The number of methoxy groups -OCH3 is 1. The summed E-state index contributed by atoms with van der Waals surface area (Å²) in [6, 6.07) is 8.96. The molecular formula is C22H26N4O3. The molecule has 0 aliphatic carbocycles. The predicted octanol–water partition coefficient (Wildman–Crippen LogP) is 2.94. The summed E-state index contributed by atoms with van der Waals surface area (Å²) in [6.45, 7) is 7.11. The second kappa shape index (κ2) is 8.77. The normalized spacial score (nSPS) is 10.9. The zero-order valence-electron chi connectivity index (χ0n) is 17.2. The first-order valence-electron chi connectivity index (χ1n) is 9.55. The Morgan fingerprint density at radius 1 is 1.24 bits per heavy atom. The number of imidazole rings is 1. The number of nitrogens with zero attached hydrogens (tertiary/aromatic N) is 3. The molecule has 1 amide bonds. The first kappa shape index (κ1) is 20.4. The van der Waals surface area contributed by atoms with Crippen molar-refractivity contribution in [2.75, 3.05) is 7.11 Å². The highest BCUT2D eigenvalue weighted by molar-refractivity contribution is 5.95. The highest BCUT2D eigenvalue weighted by Gasteiger charge is 2.18. The summed E-state index contributed by atoms with van der Waals surface area (Å²) in [5.41, 5.74) is 1.83. The van der Waals surface area contributed by atoms with Crippen LogP contribution >= 0.6 is 0 Å². The van der Waals surface area contributed by atoms with Crippen molar-refractivity contribution in [2.24, 2.45) is 5.92 Å². The molecule has 1 aromatic carbocycles. The molecule has 0 atom stereocenters. The molecule has 2 aromatic heterocycles. The maximum Gasteiger partial charge on any atom is 0.268 e. The van der Waals surface area contributed by atoms with Gasteiger partial charge in [0.25, 0.3) is 11.5 Å². The van der Waals surface area contributed by atoms with Gasteiger partial charge in [-0.3, -0.25) is 14.2 Å². The van der Waals surface area contributed by atoms with E-state index < -0.39 is 5.91 Å². The molecule has 0 saturated heterocycles. The molecule has 0 radical (unpaired) electrons. The van der Waals surface area contributed by atoms with Crippen LogP contribution in [0.5, 0.6) is 5.75 Å². The highest BCUT2D eigenvalue weighted by atomic mass is 16.5. The summed E-state index contributed by atoms with van der Waals surface area (Å²) in [6.07, 6.45) is 5.14. The standard InChI is InChI=1S/C22H26N4O3/c1-15(2)13-25-14-23-11-17(25)12-24-21(27)20-16(3)9-10-26(22(20)28)18-7-5-6-8-19(18)29-4/h5-11,14-15H,12-13H2,1-4H3,(H,24,27). The molecule has 1 N–H and O–H groups in total. The van der Waals surface area contributed by atoms with Crippen molar-refractivity contribution >= 4 is 5.91 Å². The summed E-state index contributed by atoms with van der Waals surface area (Å²) in [5, 5.41) is 2.86. The van der Waals surface area contributed by atoms with Crippen molar-refractivity contribution in [3.63, 3.8) is 0 Å². The van der Waals surface area contributed by atoms with Crippen LogP contribution in [-0.4, -0.2) is 27.1 Å². The van der Waals surface area contributed by atoms with Gasteiger partial charge in [0, 0.05) is 18.9 Å². The molecular weight excluding hydrogens is 368 g/mol. The van der Waals surface area contributed by atoms with Crippen LogP contribution in [0.4, 0.5) is 0 Å². The molecule has 3 rings (SSSR count). The zero-order valence-corrected chi connectivity index (χ0v) is 17.2. The Kier molecular flexibility index (Phi) is 6.16. The van der Waals surface area contributed by atoms with E-state index in [9.17, 15) is 9.59 Å². The van der Waals surface area contributed by atoms with E-state index in [0.29, 0.717) is 29.5 Å². The van der Waals surface area contributed by atoms with Gasteiger partial charge in [-0.2, -0.15) is 0 Å². The van der Waals surface area contributed by atoms with Gasteiger partial charge in [-0.05, 0) is 36.6 Å². The largest absolute Gasteiger partial charge is 0.495 e. The number of carbonyl (C=O) groups excluding carboxylic acids is 1. The zero-order chi connectivity index (χ0) is 21.0. The molecule has 0 spiro atoms. The first-order valence-corrected chi connectivity index (χ1v) is 9.55. The summed E-state index contributed by atoms with van der Waals surface area (Å²) >= 11 is 0. The molecule has 0 aliphatic heterocycles. The quantitative estimate of drug-likeness (QED) is 0.668. The van der Waals surface area contributed by atoms with E-state index in [-0.39, 0.29) is 11.1 Å². The molecule has 0 aliphatic rings. The molecule has 152 valence electrons. The van der Waals surface area contributed by atoms with Gasteiger partial charge in [-0.15, -0.1) is 0 Å². The van der Waals surface area contributed by atoms with Gasteiger partial charge in [0.1, 0.15) is 11.3 Å². The van der Waals surface area contributed by atoms with Gasteiger partial charge < -0.3 is 14.6 Å². The third-order valence-electron chi connectivity index (χ3n) is 4.66. The number of carbonyl (C=O) groups is 1. The van der Waals surface area contributed by atoms with Gasteiger partial charge in [0.15, 0.2) is 0 Å². The summed E-state index contributed by atoms with van der Waals surface area (Å²) in [7, 11) is 1.55. The van der Waals surface area contributed by atoms with Gasteiger partial charge in [0.05, 0.1) is 31.4 Å². The highest BCUT2D eigenvalue weighted by Crippen LogP contribution is 2.21. The first-order chi connectivity index (χ1) is 13.9. The Labute approximate surface area is 170 Å². The van der Waals surface area contributed by atoms with Crippen molar-refractivity contribution in [1.29, 1.82) is 0 Å². The molecule has 0 saturated carbocycles. The van der Waals surface area contributed by atoms with Crippen LogP contribution in [-0.2, 0) is 13.1 Å². The minimum Gasteiger partial charge on any atom is -0.495 e. The lowest BCUT2D eigenvalue weighted by molar-refractivity contribution is 0.0947. The Morgan fingerprint density at radius 2 is 2.00 bits per heavy atom. The second-order valence-electron chi connectivity index (χ2n) is 7.33. The monoisotopic (exact) mass is 394 g/mol. The number of aryl methyl sites for hydroxylation is 1. The Morgan fingerprint density at radius 3 is 2.72 bits per heavy atom. The second-order valence-corrected chi connectivity index (χ2v) is 7.33. The summed E-state index contributed by atoms with van der Waals surface area (Å²) in [4.78, 5) is 30.1. The third-order valence-corrected chi connectivity index (χ3v) is 4.66. The van der Waals surface area contributed by atoms with Crippen LogP contribution in [0.25, 0.3) is 5.69 Å². The molecule has 29 heavy (non-hydrogen) atoms. The molecule has 2 heterocycles. The Balaban J connectivity index is 1.88. The SMILES string of the molecule is COc1ccccc1-n1ccc(C)c(C(=O)NCc2cncn2CC(C)C)c1=O. The predicted molar refractivity (Wildman–Crippen MR) is 112 cm³/mol. The fourth-order valence-corrected chi connectivity index (χ4v) is 3.23. The molecule has 0 unspecified atom stereocenters. The van der Waals surface area contributed by atoms with Crippen LogP contribution in [0, 0.1) is 12.8 Å². The lowest BCUT2D eigenvalue weighted by Gasteiger charge is -2.14.